The Hall–Kier alpha value is -0.490. The first-order chi connectivity index (χ1) is 9.48. The average Bonchev–Trinajstić information content (AvgIpc) is 2.77. The van der Waals surface area contributed by atoms with Crippen LogP contribution in [0.3, 0.4) is 0 Å². The van der Waals surface area contributed by atoms with Gasteiger partial charge in [-0.15, -0.1) is 0 Å². The predicted octanol–water partition coefficient (Wildman–Crippen LogP) is 4.14. The Kier molecular flexibility index (Phi) is 5.18. The molecule has 114 valence electrons. The highest BCUT2D eigenvalue weighted by Crippen LogP contribution is 2.42. The van der Waals surface area contributed by atoms with Gasteiger partial charge in [0.15, 0.2) is 0 Å². The van der Waals surface area contributed by atoms with E-state index in [-0.39, 0.29) is 24.8 Å². The summed E-state index contributed by atoms with van der Waals surface area (Å²) in [7, 11) is 0. The van der Waals surface area contributed by atoms with Gasteiger partial charge in [-0.1, -0.05) is 6.92 Å². The molecular weight excluding hydrogens is 328 g/mol. The van der Waals surface area contributed by atoms with Crippen LogP contribution in [0.25, 0.3) is 0 Å². The summed E-state index contributed by atoms with van der Waals surface area (Å²) in [4.78, 5) is 0. The first-order valence-corrected chi connectivity index (χ1v) is 8.10. The Morgan fingerprint density at radius 2 is 2.10 bits per heavy atom. The second-order valence-electron chi connectivity index (χ2n) is 5.42. The van der Waals surface area contributed by atoms with Crippen molar-refractivity contribution in [2.75, 3.05) is 6.54 Å². The largest absolute Gasteiger partial charge is 0.309 e. The summed E-state index contributed by atoms with van der Waals surface area (Å²) in [5.74, 6) is -2.23. The van der Waals surface area contributed by atoms with Crippen molar-refractivity contribution in [2.24, 2.45) is 5.92 Å². The molecule has 0 spiro atoms. The van der Waals surface area contributed by atoms with Gasteiger partial charge in [0.05, 0.1) is 22.4 Å². The summed E-state index contributed by atoms with van der Waals surface area (Å²) in [5.41, 5.74) is 1.09. The van der Waals surface area contributed by atoms with Gasteiger partial charge in [0.25, 0.3) is 0 Å². The zero-order chi connectivity index (χ0) is 14.8. The lowest BCUT2D eigenvalue weighted by Crippen LogP contribution is -2.35. The predicted molar refractivity (Wildman–Crippen MR) is 78.9 cm³/mol. The van der Waals surface area contributed by atoms with Crippen LogP contribution in [0.2, 0.25) is 0 Å². The third-order valence-electron chi connectivity index (χ3n) is 4.08. The summed E-state index contributed by atoms with van der Waals surface area (Å²) < 4.78 is 29.6. The normalized spacial score (nSPS) is 21.1. The van der Waals surface area contributed by atoms with Crippen molar-refractivity contribution in [3.8, 4) is 0 Å². The second-order valence-corrected chi connectivity index (χ2v) is 6.28. The van der Waals surface area contributed by atoms with Gasteiger partial charge in [-0.3, -0.25) is 4.68 Å². The number of hydrogen-bond acceptors (Lipinski definition) is 2. The van der Waals surface area contributed by atoms with Gasteiger partial charge in [0.1, 0.15) is 0 Å². The molecule has 1 aliphatic rings. The molecule has 0 aromatic carbocycles. The van der Waals surface area contributed by atoms with E-state index >= 15 is 0 Å². The van der Waals surface area contributed by atoms with Gasteiger partial charge in [-0.25, -0.2) is 8.78 Å². The lowest BCUT2D eigenvalue weighted by Gasteiger charge is -2.34. The molecule has 0 radical (unpaired) electrons. The number of nitrogens with zero attached hydrogens (tertiary/aromatic N) is 2. The molecule has 1 unspecified atom stereocenters. The van der Waals surface area contributed by atoms with E-state index < -0.39 is 5.92 Å². The van der Waals surface area contributed by atoms with Gasteiger partial charge in [-0.05, 0) is 48.2 Å². The Morgan fingerprint density at radius 1 is 1.45 bits per heavy atom. The molecule has 1 saturated carbocycles. The Bertz CT molecular complexity index is 438. The summed E-state index contributed by atoms with van der Waals surface area (Å²) in [6.45, 7) is 5.69. The maximum atomic E-state index is 13.3. The highest BCUT2D eigenvalue weighted by atomic mass is 79.9. The molecule has 1 atom stereocenters. The molecule has 1 aromatic rings. The van der Waals surface area contributed by atoms with Gasteiger partial charge in [-0.2, -0.15) is 5.10 Å². The molecule has 3 nitrogen and oxygen atoms in total. The van der Waals surface area contributed by atoms with Crippen LogP contribution in [0.4, 0.5) is 8.78 Å². The molecule has 1 aliphatic carbocycles. The number of hydrogen-bond donors (Lipinski definition) is 1. The van der Waals surface area contributed by atoms with Crippen LogP contribution in [0.1, 0.15) is 51.3 Å². The van der Waals surface area contributed by atoms with E-state index in [1.165, 1.54) is 0 Å². The molecule has 1 N–H and O–H groups in total. The van der Waals surface area contributed by atoms with E-state index in [4.69, 9.17) is 0 Å². The molecular formula is C14H22BrF2N3. The molecule has 0 amide bonds. The van der Waals surface area contributed by atoms with Crippen LogP contribution >= 0.6 is 15.9 Å². The zero-order valence-corrected chi connectivity index (χ0v) is 13.6. The highest BCUT2D eigenvalue weighted by molar-refractivity contribution is 9.10. The monoisotopic (exact) mass is 349 g/mol. The standard InChI is InChI=1S/C14H22BrF2N3/c1-3-18-12(10-5-7-14(16,17)8-6-10)13-11(15)9-19-20(13)4-2/h9-10,12,18H,3-8H2,1-2H3. The van der Waals surface area contributed by atoms with Crippen molar-refractivity contribution in [3.05, 3.63) is 16.4 Å². The third-order valence-corrected chi connectivity index (χ3v) is 4.70. The molecule has 1 aromatic heterocycles. The fourth-order valence-electron chi connectivity index (χ4n) is 3.04. The minimum absolute atomic E-state index is 0.00254. The number of nitrogens with one attached hydrogen (secondary N) is 1. The Balaban J connectivity index is 2.21. The fourth-order valence-corrected chi connectivity index (χ4v) is 3.58. The Morgan fingerprint density at radius 3 is 2.65 bits per heavy atom. The number of aryl methyl sites for hydroxylation is 1. The van der Waals surface area contributed by atoms with Gasteiger partial charge in [0.2, 0.25) is 5.92 Å². The molecule has 2 rings (SSSR count). The Labute approximate surface area is 127 Å². The van der Waals surface area contributed by atoms with Crippen molar-refractivity contribution in [1.29, 1.82) is 0 Å². The maximum Gasteiger partial charge on any atom is 0.248 e. The van der Waals surface area contributed by atoms with E-state index in [0.717, 1.165) is 23.3 Å². The zero-order valence-electron chi connectivity index (χ0n) is 12.0. The SMILES string of the molecule is CCNC(c1c(Br)cnn1CC)C1CCC(F)(F)CC1. The number of aromatic nitrogens is 2. The molecule has 6 heteroatoms. The lowest BCUT2D eigenvalue weighted by molar-refractivity contribution is -0.0500. The van der Waals surface area contributed by atoms with Crippen LogP contribution in [0.15, 0.2) is 10.7 Å². The number of alkyl halides is 2. The van der Waals surface area contributed by atoms with E-state index in [9.17, 15) is 8.78 Å². The van der Waals surface area contributed by atoms with Gasteiger partial charge < -0.3 is 5.32 Å². The van der Waals surface area contributed by atoms with Crippen LogP contribution in [-0.4, -0.2) is 22.2 Å². The summed E-state index contributed by atoms with van der Waals surface area (Å²) >= 11 is 3.55. The third kappa shape index (κ3) is 3.39. The molecule has 20 heavy (non-hydrogen) atoms. The molecule has 1 fully saturated rings. The summed E-state index contributed by atoms with van der Waals surface area (Å²) in [5, 5.41) is 7.80. The van der Waals surface area contributed by atoms with Gasteiger partial charge in [0, 0.05) is 19.4 Å². The molecule has 1 heterocycles. The van der Waals surface area contributed by atoms with Crippen LogP contribution in [0, 0.1) is 5.92 Å². The smallest absolute Gasteiger partial charge is 0.248 e. The second kappa shape index (κ2) is 6.52. The molecule has 0 aliphatic heterocycles. The van der Waals surface area contributed by atoms with Crippen molar-refractivity contribution in [3.63, 3.8) is 0 Å². The van der Waals surface area contributed by atoms with Crippen molar-refractivity contribution in [2.45, 2.75) is 58.0 Å². The first kappa shape index (κ1) is 15.9. The van der Waals surface area contributed by atoms with E-state index in [1.807, 2.05) is 18.5 Å². The van der Waals surface area contributed by atoms with Crippen LogP contribution < -0.4 is 5.32 Å². The number of halogens is 3. The van der Waals surface area contributed by atoms with Crippen molar-refractivity contribution < 1.29 is 8.78 Å². The van der Waals surface area contributed by atoms with E-state index in [0.29, 0.717) is 12.8 Å². The summed E-state index contributed by atoms with van der Waals surface area (Å²) in [6.07, 6.45) is 2.91. The topological polar surface area (TPSA) is 29.9 Å². The minimum Gasteiger partial charge on any atom is -0.309 e. The minimum atomic E-state index is -2.48. The maximum absolute atomic E-state index is 13.3. The van der Waals surface area contributed by atoms with Crippen LogP contribution in [0.5, 0.6) is 0 Å². The summed E-state index contributed by atoms with van der Waals surface area (Å²) in [6, 6.07) is 0.0907. The quantitative estimate of drug-likeness (QED) is 0.865. The van der Waals surface area contributed by atoms with Gasteiger partial charge >= 0.3 is 0 Å². The molecule has 0 saturated heterocycles. The first-order valence-electron chi connectivity index (χ1n) is 7.31. The fraction of sp³-hybridized carbons (Fsp3) is 0.786. The van der Waals surface area contributed by atoms with Crippen LogP contribution in [-0.2, 0) is 6.54 Å². The average molecular weight is 350 g/mol. The molecule has 0 bridgehead atoms. The number of rotatable bonds is 5. The van der Waals surface area contributed by atoms with Crippen molar-refractivity contribution >= 4 is 15.9 Å². The van der Waals surface area contributed by atoms with Crippen molar-refractivity contribution in [1.82, 2.24) is 15.1 Å². The highest BCUT2D eigenvalue weighted by Gasteiger charge is 2.39. The lowest BCUT2D eigenvalue weighted by atomic mass is 9.81. The van der Waals surface area contributed by atoms with E-state index in [1.54, 1.807) is 6.20 Å². The van der Waals surface area contributed by atoms with E-state index in [2.05, 4.69) is 26.3 Å².